The van der Waals surface area contributed by atoms with Crippen LogP contribution in [0.4, 0.5) is 8.78 Å². The van der Waals surface area contributed by atoms with Gasteiger partial charge in [0.2, 0.25) is 5.82 Å². The lowest BCUT2D eigenvalue weighted by Crippen LogP contribution is -2.26. The summed E-state index contributed by atoms with van der Waals surface area (Å²) in [6.45, 7) is 0. The number of aromatic nitrogens is 3. The molecule has 7 heteroatoms. The molecule has 5 nitrogen and oxygen atoms in total. The van der Waals surface area contributed by atoms with Crippen LogP contribution >= 0.6 is 0 Å². The van der Waals surface area contributed by atoms with E-state index in [1.165, 1.54) is 13.2 Å². The van der Waals surface area contributed by atoms with Gasteiger partial charge in [0.25, 0.3) is 0 Å². The molecule has 1 aromatic heterocycles. The van der Waals surface area contributed by atoms with Gasteiger partial charge in [-0.1, -0.05) is 30.3 Å². The van der Waals surface area contributed by atoms with Crippen molar-refractivity contribution in [2.24, 2.45) is 0 Å². The van der Waals surface area contributed by atoms with Crippen molar-refractivity contribution in [3.8, 4) is 11.4 Å². The van der Waals surface area contributed by atoms with Crippen LogP contribution in [0.1, 0.15) is 23.9 Å². The van der Waals surface area contributed by atoms with Gasteiger partial charge in [-0.2, -0.15) is 9.07 Å². The summed E-state index contributed by atoms with van der Waals surface area (Å²) in [5, 5.41) is 4.30. The van der Waals surface area contributed by atoms with Crippen LogP contribution < -0.4 is 10.4 Å². The molecule has 0 amide bonds. The van der Waals surface area contributed by atoms with Gasteiger partial charge in [0, 0.05) is 18.6 Å². The van der Waals surface area contributed by atoms with Gasteiger partial charge in [0.05, 0.1) is 18.8 Å². The molecular weight excluding hydrogens is 328 g/mol. The van der Waals surface area contributed by atoms with E-state index in [9.17, 15) is 13.6 Å². The molecule has 2 aromatic carbocycles. The van der Waals surface area contributed by atoms with Crippen molar-refractivity contribution in [3.05, 3.63) is 76.0 Å². The summed E-state index contributed by atoms with van der Waals surface area (Å²) in [7, 11) is 1.24. The first kappa shape index (κ1) is 15.6. The summed E-state index contributed by atoms with van der Waals surface area (Å²) < 4.78 is 35.0. The van der Waals surface area contributed by atoms with E-state index in [0.29, 0.717) is 12.2 Å². The fourth-order valence-corrected chi connectivity index (χ4v) is 3.28. The van der Waals surface area contributed by atoms with Gasteiger partial charge < -0.3 is 4.74 Å². The monoisotopic (exact) mass is 343 g/mol. The Labute approximate surface area is 142 Å². The van der Waals surface area contributed by atoms with Crippen molar-refractivity contribution >= 4 is 0 Å². The molecule has 0 fully saturated rings. The third-order valence-corrected chi connectivity index (χ3v) is 4.46. The molecule has 0 saturated heterocycles. The van der Waals surface area contributed by atoms with Crippen LogP contribution in [0.15, 0.2) is 47.3 Å². The van der Waals surface area contributed by atoms with Crippen LogP contribution in [-0.2, 0) is 6.42 Å². The summed E-state index contributed by atoms with van der Waals surface area (Å²) in [4.78, 5) is 12.8. The molecule has 0 N–H and O–H groups in total. The minimum Gasteiger partial charge on any atom is -0.493 e. The summed E-state index contributed by atoms with van der Waals surface area (Å²) >= 11 is 0. The summed E-state index contributed by atoms with van der Waals surface area (Å²) in [5.41, 5.74) is 0.773. The molecule has 128 valence electrons. The molecule has 0 saturated carbocycles. The topological polar surface area (TPSA) is 49.0 Å². The lowest BCUT2D eigenvalue weighted by atomic mass is 10.1. The van der Waals surface area contributed by atoms with E-state index in [1.54, 1.807) is 4.57 Å². The molecule has 0 unspecified atom stereocenters. The van der Waals surface area contributed by atoms with Crippen LogP contribution in [0, 0.1) is 11.6 Å². The van der Waals surface area contributed by atoms with Crippen molar-refractivity contribution in [3.63, 3.8) is 0 Å². The fourth-order valence-electron chi connectivity index (χ4n) is 3.28. The molecule has 0 aliphatic carbocycles. The summed E-state index contributed by atoms with van der Waals surface area (Å²) in [5.74, 6) is -1.82. The normalized spacial score (nSPS) is 16.0. The van der Waals surface area contributed by atoms with Gasteiger partial charge in [-0.05, 0) is 12.0 Å². The first-order valence-electron chi connectivity index (χ1n) is 7.89. The van der Waals surface area contributed by atoms with Crippen molar-refractivity contribution in [2.45, 2.75) is 18.9 Å². The first-order valence-corrected chi connectivity index (χ1v) is 7.89. The maximum absolute atomic E-state index is 13.8. The lowest BCUT2D eigenvalue weighted by Gasteiger charge is -2.12. The highest BCUT2D eigenvalue weighted by Crippen LogP contribution is 2.30. The number of benzene rings is 2. The van der Waals surface area contributed by atoms with Crippen LogP contribution in [0.25, 0.3) is 5.69 Å². The highest BCUT2D eigenvalue weighted by atomic mass is 19.2. The minimum atomic E-state index is -1.09. The quantitative estimate of drug-likeness (QED) is 0.735. The van der Waals surface area contributed by atoms with Gasteiger partial charge in [-0.3, -0.25) is 4.57 Å². The first-order chi connectivity index (χ1) is 12.1. The van der Waals surface area contributed by atoms with E-state index in [1.807, 2.05) is 30.3 Å². The van der Waals surface area contributed by atoms with Gasteiger partial charge in [-0.25, -0.2) is 9.18 Å². The van der Waals surface area contributed by atoms with E-state index in [4.69, 9.17) is 4.74 Å². The molecular formula is C18H15F2N3O2. The zero-order valence-corrected chi connectivity index (χ0v) is 13.4. The molecule has 0 bridgehead atoms. The van der Waals surface area contributed by atoms with Crippen molar-refractivity contribution < 1.29 is 13.5 Å². The highest BCUT2D eigenvalue weighted by Gasteiger charge is 2.29. The summed E-state index contributed by atoms with van der Waals surface area (Å²) in [6, 6.07) is 11.8. The molecule has 2 heterocycles. The van der Waals surface area contributed by atoms with Crippen LogP contribution in [0.3, 0.4) is 0 Å². The maximum atomic E-state index is 13.8. The number of rotatable bonds is 3. The molecule has 1 aliphatic heterocycles. The second-order valence-corrected chi connectivity index (χ2v) is 5.89. The van der Waals surface area contributed by atoms with E-state index in [-0.39, 0.29) is 23.2 Å². The van der Waals surface area contributed by atoms with E-state index in [0.717, 1.165) is 22.7 Å². The minimum absolute atomic E-state index is 0.107. The standard InChI is InChI=1S/C18H15F2N3O2/c1-25-15-10-12(9-13(19)17(15)20)23-18(24)22-14(7-8-16(22)21-23)11-5-3-2-4-6-11/h2-6,9-10,14H,7-8H2,1H3/t14-/m0/s1. The fraction of sp³-hybridized carbons (Fsp3) is 0.222. The number of nitrogens with zero attached hydrogens (tertiary/aromatic N) is 3. The predicted molar refractivity (Wildman–Crippen MR) is 87.2 cm³/mol. The lowest BCUT2D eigenvalue weighted by molar-refractivity contribution is 0.371. The van der Waals surface area contributed by atoms with Crippen molar-refractivity contribution in [2.75, 3.05) is 7.11 Å². The second-order valence-electron chi connectivity index (χ2n) is 5.89. The second kappa shape index (κ2) is 5.84. The average Bonchev–Trinajstić information content (AvgIpc) is 3.18. The molecule has 0 radical (unpaired) electrons. The van der Waals surface area contributed by atoms with E-state index < -0.39 is 11.6 Å². The Morgan fingerprint density at radius 1 is 1.20 bits per heavy atom. The molecule has 1 aliphatic rings. The number of fused-ring (bicyclic) bond motifs is 1. The smallest absolute Gasteiger partial charge is 0.351 e. The largest absolute Gasteiger partial charge is 0.493 e. The molecule has 4 rings (SSSR count). The Balaban J connectivity index is 1.83. The Morgan fingerprint density at radius 2 is 1.96 bits per heavy atom. The third kappa shape index (κ3) is 2.43. The SMILES string of the molecule is COc1cc(-n2nc3n(c2=O)[C@H](c2ccccc2)CC3)cc(F)c1F. The summed E-state index contributed by atoms with van der Waals surface area (Å²) in [6.07, 6.45) is 1.42. The van der Waals surface area contributed by atoms with Crippen molar-refractivity contribution in [1.82, 2.24) is 14.3 Å². The van der Waals surface area contributed by atoms with E-state index in [2.05, 4.69) is 5.10 Å². The van der Waals surface area contributed by atoms with Crippen LogP contribution in [0.5, 0.6) is 5.75 Å². The number of methoxy groups -OCH3 is 1. The van der Waals surface area contributed by atoms with Gasteiger partial charge in [0.1, 0.15) is 5.82 Å². The van der Waals surface area contributed by atoms with Crippen molar-refractivity contribution in [1.29, 1.82) is 0 Å². The zero-order valence-electron chi connectivity index (χ0n) is 13.4. The van der Waals surface area contributed by atoms with E-state index >= 15 is 0 Å². The highest BCUT2D eigenvalue weighted by molar-refractivity contribution is 5.40. The number of ether oxygens (including phenoxy) is 1. The molecule has 0 spiro atoms. The van der Waals surface area contributed by atoms with Crippen LogP contribution in [-0.4, -0.2) is 21.5 Å². The third-order valence-electron chi connectivity index (χ3n) is 4.46. The van der Waals surface area contributed by atoms with Gasteiger partial charge in [0.15, 0.2) is 11.6 Å². The number of hydrogen-bond donors (Lipinski definition) is 0. The Hall–Kier alpha value is -2.96. The Morgan fingerprint density at radius 3 is 2.68 bits per heavy atom. The number of hydrogen-bond acceptors (Lipinski definition) is 3. The van der Waals surface area contributed by atoms with Crippen LogP contribution in [0.2, 0.25) is 0 Å². The molecule has 25 heavy (non-hydrogen) atoms. The van der Waals surface area contributed by atoms with Gasteiger partial charge >= 0.3 is 5.69 Å². The Kier molecular flexibility index (Phi) is 3.63. The van der Waals surface area contributed by atoms with Gasteiger partial charge in [-0.15, -0.1) is 5.10 Å². The molecule has 1 atom stereocenters. The maximum Gasteiger partial charge on any atom is 0.351 e. The average molecular weight is 343 g/mol. The number of aryl methyl sites for hydroxylation is 1. The predicted octanol–water partition coefficient (Wildman–Crippen LogP) is 2.86. The zero-order chi connectivity index (χ0) is 17.6. The molecule has 3 aromatic rings. The Bertz CT molecular complexity index is 996. The number of halogens is 2.